The minimum absolute atomic E-state index is 0.182. The summed E-state index contributed by atoms with van der Waals surface area (Å²) in [6.07, 6.45) is 0. The molecule has 1 rings (SSSR count). The number of anilines is 1. The summed E-state index contributed by atoms with van der Waals surface area (Å²) in [5, 5.41) is 3.06. The fraction of sp³-hybridized carbons (Fsp3) is 0.444. The Hall–Kier alpha value is -1.03. The maximum absolute atomic E-state index is 11.1. The summed E-state index contributed by atoms with van der Waals surface area (Å²) in [5.74, 6) is -0.182. The lowest BCUT2D eigenvalue weighted by molar-refractivity contribution is -0.141. The Balaban J connectivity index is 2.42. The second-order valence-corrected chi connectivity index (χ2v) is 3.54. The van der Waals surface area contributed by atoms with Crippen molar-refractivity contribution in [1.29, 1.82) is 0 Å². The lowest BCUT2D eigenvalue weighted by Gasteiger charge is -2.15. The van der Waals surface area contributed by atoms with Crippen molar-refractivity contribution < 1.29 is 9.53 Å². The van der Waals surface area contributed by atoms with Crippen LogP contribution < -0.4 is 4.90 Å². The number of carbonyl (C=O) groups is 1. The fourth-order valence-corrected chi connectivity index (χ4v) is 1.66. The molecule has 1 aromatic rings. The van der Waals surface area contributed by atoms with Crippen LogP contribution in [0.15, 0.2) is 17.5 Å². The molecule has 0 bridgehead atoms. The highest BCUT2D eigenvalue weighted by atomic mass is 32.1. The van der Waals surface area contributed by atoms with Gasteiger partial charge in [0.25, 0.3) is 0 Å². The average molecular weight is 199 g/mol. The number of thiophene rings is 1. The molecule has 0 saturated heterocycles. The Morgan fingerprint density at radius 1 is 1.69 bits per heavy atom. The zero-order chi connectivity index (χ0) is 9.68. The molecule has 0 atom stereocenters. The predicted molar refractivity (Wildman–Crippen MR) is 54.2 cm³/mol. The van der Waals surface area contributed by atoms with E-state index in [0.29, 0.717) is 13.2 Å². The molecule has 1 aromatic heterocycles. The normalized spacial score (nSPS) is 9.69. The lowest BCUT2D eigenvalue weighted by Crippen LogP contribution is -2.26. The van der Waals surface area contributed by atoms with Crippen LogP contribution in [0, 0.1) is 0 Å². The molecule has 3 nitrogen and oxygen atoms in total. The molecule has 0 N–H and O–H groups in total. The molecular weight excluding hydrogens is 186 g/mol. The van der Waals surface area contributed by atoms with Gasteiger partial charge in [0.05, 0.1) is 11.6 Å². The summed E-state index contributed by atoms with van der Waals surface area (Å²) in [7, 11) is 1.88. The van der Waals surface area contributed by atoms with Crippen LogP contribution in [-0.2, 0) is 9.53 Å². The summed E-state index contributed by atoms with van der Waals surface area (Å²) in [6, 6.07) is 3.94. The van der Waals surface area contributed by atoms with E-state index in [-0.39, 0.29) is 5.97 Å². The van der Waals surface area contributed by atoms with E-state index in [1.54, 1.807) is 11.3 Å². The number of hydrogen-bond donors (Lipinski definition) is 0. The number of nitrogens with zero attached hydrogens (tertiary/aromatic N) is 1. The van der Waals surface area contributed by atoms with Crippen LogP contribution in [0.4, 0.5) is 5.00 Å². The van der Waals surface area contributed by atoms with Gasteiger partial charge in [0.15, 0.2) is 0 Å². The van der Waals surface area contributed by atoms with E-state index < -0.39 is 0 Å². The quantitative estimate of drug-likeness (QED) is 0.692. The Bertz CT molecular complexity index is 259. The molecule has 0 radical (unpaired) electrons. The smallest absolute Gasteiger partial charge is 0.325 e. The van der Waals surface area contributed by atoms with Crippen molar-refractivity contribution in [2.75, 3.05) is 25.1 Å². The van der Waals surface area contributed by atoms with Crippen molar-refractivity contribution in [3.8, 4) is 0 Å². The third-order valence-electron chi connectivity index (χ3n) is 1.55. The highest BCUT2D eigenvalue weighted by molar-refractivity contribution is 7.14. The fourth-order valence-electron chi connectivity index (χ4n) is 0.965. The van der Waals surface area contributed by atoms with Crippen molar-refractivity contribution in [1.82, 2.24) is 0 Å². The highest BCUT2D eigenvalue weighted by Crippen LogP contribution is 2.19. The van der Waals surface area contributed by atoms with Crippen LogP contribution in [0.3, 0.4) is 0 Å². The molecule has 0 fully saturated rings. The Kier molecular flexibility index (Phi) is 3.76. The van der Waals surface area contributed by atoms with E-state index in [1.165, 1.54) is 0 Å². The number of hydrogen-bond acceptors (Lipinski definition) is 4. The van der Waals surface area contributed by atoms with Crippen LogP contribution in [0.5, 0.6) is 0 Å². The minimum atomic E-state index is -0.182. The Morgan fingerprint density at radius 3 is 3.00 bits per heavy atom. The average Bonchev–Trinajstić information content (AvgIpc) is 2.55. The molecule has 13 heavy (non-hydrogen) atoms. The third-order valence-corrected chi connectivity index (χ3v) is 2.54. The van der Waals surface area contributed by atoms with E-state index in [0.717, 1.165) is 5.00 Å². The van der Waals surface area contributed by atoms with E-state index >= 15 is 0 Å². The van der Waals surface area contributed by atoms with Gasteiger partial charge >= 0.3 is 5.97 Å². The number of rotatable bonds is 4. The number of carbonyl (C=O) groups excluding carboxylic acids is 1. The number of esters is 1. The van der Waals surface area contributed by atoms with Crippen molar-refractivity contribution in [2.24, 2.45) is 0 Å². The molecule has 0 aliphatic heterocycles. The van der Waals surface area contributed by atoms with E-state index in [2.05, 4.69) is 0 Å². The van der Waals surface area contributed by atoms with Crippen LogP contribution in [0.1, 0.15) is 6.92 Å². The second-order valence-electron chi connectivity index (χ2n) is 2.61. The number of ether oxygens (including phenoxy) is 1. The van der Waals surface area contributed by atoms with Gasteiger partial charge in [0.2, 0.25) is 0 Å². The summed E-state index contributed by atoms with van der Waals surface area (Å²) < 4.78 is 4.83. The molecular formula is C9H13NO2S. The summed E-state index contributed by atoms with van der Waals surface area (Å²) in [6.45, 7) is 2.56. The topological polar surface area (TPSA) is 29.5 Å². The van der Waals surface area contributed by atoms with E-state index in [4.69, 9.17) is 4.74 Å². The predicted octanol–water partition coefficient (Wildman–Crippen LogP) is 1.75. The van der Waals surface area contributed by atoms with Crippen molar-refractivity contribution in [2.45, 2.75) is 6.92 Å². The minimum Gasteiger partial charge on any atom is -0.465 e. The van der Waals surface area contributed by atoms with Gasteiger partial charge in [-0.1, -0.05) is 0 Å². The standard InChI is InChI=1S/C9H13NO2S/c1-3-12-9(11)7-10(2)8-5-4-6-13-8/h4-6H,3,7H2,1-2H3. The van der Waals surface area contributed by atoms with Crippen molar-refractivity contribution >= 4 is 22.3 Å². The van der Waals surface area contributed by atoms with Crippen LogP contribution >= 0.6 is 11.3 Å². The van der Waals surface area contributed by atoms with Gasteiger partial charge in [-0.2, -0.15) is 0 Å². The zero-order valence-corrected chi connectivity index (χ0v) is 8.63. The van der Waals surface area contributed by atoms with Gasteiger partial charge in [0.1, 0.15) is 6.54 Å². The monoisotopic (exact) mass is 199 g/mol. The first kappa shape index (κ1) is 10.1. The van der Waals surface area contributed by atoms with Crippen molar-refractivity contribution in [3.05, 3.63) is 17.5 Å². The molecule has 0 spiro atoms. The van der Waals surface area contributed by atoms with Gasteiger partial charge in [-0.3, -0.25) is 4.79 Å². The maximum atomic E-state index is 11.1. The van der Waals surface area contributed by atoms with Gasteiger partial charge < -0.3 is 9.64 Å². The van der Waals surface area contributed by atoms with Gasteiger partial charge in [0, 0.05) is 7.05 Å². The SMILES string of the molecule is CCOC(=O)CN(C)c1cccs1. The largest absolute Gasteiger partial charge is 0.465 e. The summed E-state index contributed by atoms with van der Waals surface area (Å²) in [5.41, 5.74) is 0. The number of likely N-dealkylation sites (N-methyl/N-ethyl adjacent to an activating group) is 1. The molecule has 0 saturated carbocycles. The van der Waals surface area contributed by atoms with Crippen LogP contribution in [-0.4, -0.2) is 26.2 Å². The Morgan fingerprint density at radius 2 is 2.46 bits per heavy atom. The van der Waals surface area contributed by atoms with E-state index in [9.17, 15) is 4.79 Å². The first-order valence-electron chi connectivity index (χ1n) is 4.14. The van der Waals surface area contributed by atoms with Crippen molar-refractivity contribution in [3.63, 3.8) is 0 Å². The molecule has 1 heterocycles. The summed E-state index contributed by atoms with van der Waals surface area (Å²) in [4.78, 5) is 13.0. The first-order chi connectivity index (χ1) is 6.24. The molecule has 0 aromatic carbocycles. The first-order valence-corrected chi connectivity index (χ1v) is 5.02. The summed E-state index contributed by atoms with van der Waals surface area (Å²) >= 11 is 1.61. The molecule has 0 amide bonds. The van der Waals surface area contributed by atoms with Gasteiger partial charge in [-0.25, -0.2) is 0 Å². The molecule has 4 heteroatoms. The Labute approximate surface area is 81.9 Å². The molecule has 0 aliphatic carbocycles. The molecule has 0 unspecified atom stereocenters. The van der Waals surface area contributed by atoms with E-state index in [1.807, 2.05) is 36.4 Å². The van der Waals surface area contributed by atoms with Gasteiger partial charge in [-0.05, 0) is 24.4 Å². The van der Waals surface area contributed by atoms with Gasteiger partial charge in [-0.15, -0.1) is 11.3 Å². The molecule has 0 aliphatic rings. The maximum Gasteiger partial charge on any atom is 0.325 e. The second kappa shape index (κ2) is 4.87. The van der Waals surface area contributed by atoms with Crippen LogP contribution in [0.25, 0.3) is 0 Å². The third kappa shape index (κ3) is 3.06. The zero-order valence-electron chi connectivity index (χ0n) is 7.82. The lowest BCUT2D eigenvalue weighted by atomic mass is 10.5. The molecule has 72 valence electrons. The van der Waals surface area contributed by atoms with Crippen LogP contribution in [0.2, 0.25) is 0 Å². The highest BCUT2D eigenvalue weighted by Gasteiger charge is 2.07.